The molecule has 0 aliphatic rings. The van der Waals surface area contributed by atoms with Crippen LogP contribution in [0.15, 0.2) is 23.2 Å². The van der Waals surface area contributed by atoms with Crippen LogP contribution >= 0.6 is 0 Å². The fourth-order valence-corrected chi connectivity index (χ4v) is 0.895. The Kier molecular flexibility index (Phi) is 6.33. The maximum atomic E-state index is 5.66. The Bertz CT molecular complexity index is 200. The van der Waals surface area contributed by atoms with Gasteiger partial charge in [-0.1, -0.05) is 0 Å². The van der Waals surface area contributed by atoms with Crippen molar-refractivity contribution in [1.29, 1.82) is 0 Å². The van der Waals surface area contributed by atoms with Gasteiger partial charge in [0.25, 0.3) is 0 Å². The average Bonchev–Trinajstić information content (AvgIpc) is 2.11. The summed E-state index contributed by atoms with van der Waals surface area (Å²) in [5.74, 6) is 2.04. The van der Waals surface area contributed by atoms with Crippen molar-refractivity contribution in [3.05, 3.63) is 23.2 Å². The first-order valence-electron chi connectivity index (χ1n) is 4.73. The third-order valence-electron chi connectivity index (χ3n) is 1.85. The van der Waals surface area contributed by atoms with Crippen LogP contribution in [0.1, 0.15) is 34.1 Å². The van der Waals surface area contributed by atoms with Crippen LogP contribution in [0.5, 0.6) is 0 Å². The summed E-state index contributed by atoms with van der Waals surface area (Å²) < 4.78 is 5.66. The van der Waals surface area contributed by atoms with E-state index in [0.29, 0.717) is 0 Å². The lowest BCUT2D eigenvalue weighted by atomic mass is 10.2. The minimum absolute atomic E-state index is 0.948. The number of hydrogen-bond acceptors (Lipinski definition) is 2. The maximum Gasteiger partial charge on any atom is 0.103 e. The lowest BCUT2D eigenvalue weighted by Gasteiger charge is -2.12. The van der Waals surface area contributed by atoms with Crippen molar-refractivity contribution >= 4 is 0 Å². The average molecular weight is 183 g/mol. The largest absolute Gasteiger partial charge is 0.467 e. The summed E-state index contributed by atoms with van der Waals surface area (Å²) >= 11 is 0. The monoisotopic (exact) mass is 183 g/mol. The molecule has 76 valence electrons. The van der Waals surface area contributed by atoms with Gasteiger partial charge in [-0.3, -0.25) is 0 Å². The third-order valence-corrected chi connectivity index (χ3v) is 1.85. The molecule has 0 rings (SSSR count). The SMILES string of the molecule is C/C=C(/C)OC(CCNC)=C(C)C. The summed E-state index contributed by atoms with van der Waals surface area (Å²) in [6.07, 6.45) is 2.92. The molecule has 13 heavy (non-hydrogen) atoms. The van der Waals surface area contributed by atoms with Gasteiger partial charge < -0.3 is 10.1 Å². The van der Waals surface area contributed by atoms with Gasteiger partial charge in [-0.2, -0.15) is 0 Å². The molecule has 0 aromatic heterocycles. The Morgan fingerprint density at radius 3 is 2.31 bits per heavy atom. The summed E-state index contributed by atoms with van der Waals surface area (Å²) in [7, 11) is 1.95. The molecular weight excluding hydrogens is 162 g/mol. The van der Waals surface area contributed by atoms with E-state index < -0.39 is 0 Å². The van der Waals surface area contributed by atoms with Crippen LogP contribution in [-0.4, -0.2) is 13.6 Å². The fourth-order valence-electron chi connectivity index (χ4n) is 0.895. The van der Waals surface area contributed by atoms with Crippen molar-refractivity contribution in [2.24, 2.45) is 0 Å². The van der Waals surface area contributed by atoms with E-state index in [4.69, 9.17) is 4.74 Å². The Balaban J connectivity index is 4.21. The number of rotatable bonds is 5. The first kappa shape index (κ1) is 12.2. The minimum atomic E-state index is 0.948. The first-order valence-corrected chi connectivity index (χ1v) is 4.73. The summed E-state index contributed by atoms with van der Waals surface area (Å²) in [4.78, 5) is 0. The summed E-state index contributed by atoms with van der Waals surface area (Å²) in [6.45, 7) is 9.07. The lowest BCUT2D eigenvalue weighted by Crippen LogP contribution is -2.10. The maximum absolute atomic E-state index is 5.66. The molecule has 0 aromatic carbocycles. The molecular formula is C11H21NO. The first-order chi connectivity index (χ1) is 6.11. The van der Waals surface area contributed by atoms with Gasteiger partial charge in [-0.15, -0.1) is 0 Å². The number of nitrogens with one attached hydrogen (secondary N) is 1. The smallest absolute Gasteiger partial charge is 0.103 e. The van der Waals surface area contributed by atoms with E-state index in [1.165, 1.54) is 5.57 Å². The predicted octanol–water partition coefficient (Wildman–Crippen LogP) is 2.83. The third kappa shape index (κ3) is 5.47. The quantitative estimate of drug-likeness (QED) is 0.662. The zero-order valence-corrected chi connectivity index (χ0v) is 9.40. The van der Waals surface area contributed by atoms with Crippen molar-refractivity contribution in [3.8, 4) is 0 Å². The zero-order valence-electron chi connectivity index (χ0n) is 9.40. The number of ether oxygens (including phenoxy) is 1. The topological polar surface area (TPSA) is 21.3 Å². The molecule has 0 spiro atoms. The normalized spacial score (nSPS) is 11.3. The van der Waals surface area contributed by atoms with E-state index in [-0.39, 0.29) is 0 Å². The molecule has 0 heterocycles. The minimum Gasteiger partial charge on any atom is -0.467 e. The molecule has 2 heteroatoms. The fraction of sp³-hybridized carbons (Fsp3) is 0.636. The second-order valence-electron chi connectivity index (χ2n) is 3.28. The highest BCUT2D eigenvalue weighted by Crippen LogP contribution is 2.13. The van der Waals surface area contributed by atoms with Crippen LogP contribution in [0, 0.1) is 0 Å². The van der Waals surface area contributed by atoms with Crippen molar-refractivity contribution in [2.75, 3.05) is 13.6 Å². The van der Waals surface area contributed by atoms with Gasteiger partial charge in [0.1, 0.15) is 5.76 Å². The highest BCUT2D eigenvalue weighted by molar-refractivity contribution is 5.06. The van der Waals surface area contributed by atoms with Crippen molar-refractivity contribution in [2.45, 2.75) is 34.1 Å². The van der Waals surface area contributed by atoms with E-state index in [0.717, 1.165) is 24.5 Å². The van der Waals surface area contributed by atoms with Gasteiger partial charge in [0.05, 0.1) is 5.76 Å². The Hall–Kier alpha value is -0.760. The van der Waals surface area contributed by atoms with Gasteiger partial charge in [0.2, 0.25) is 0 Å². The van der Waals surface area contributed by atoms with E-state index in [1.54, 1.807) is 0 Å². The van der Waals surface area contributed by atoms with Crippen molar-refractivity contribution in [1.82, 2.24) is 5.32 Å². The Morgan fingerprint density at radius 2 is 1.92 bits per heavy atom. The van der Waals surface area contributed by atoms with Crippen LogP contribution < -0.4 is 5.32 Å². The molecule has 0 atom stereocenters. The van der Waals surface area contributed by atoms with Crippen LogP contribution in [0.3, 0.4) is 0 Å². The number of allylic oxidation sites excluding steroid dienone is 3. The molecule has 0 aromatic rings. The highest BCUT2D eigenvalue weighted by atomic mass is 16.5. The number of hydrogen-bond donors (Lipinski definition) is 1. The van der Waals surface area contributed by atoms with Crippen molar-refractivity contribution < 1.29 is 4.74 Å². The summed E-state index contributed by atoms with van der Waals surface area (Å²) in [6, 6.07) is 0. The Labute approximate surface area is 81.7 Å². The van der Waals surface area contributed by atoms with E-state index in [1.807, 2.05) is 27.0 Å². The molecule has 0 saturated heterocycles. The van der Waals surface area contributed by atoms with E-state index in [2.05, 4.69) is 19.2 Å². The molecule has 2 nitrogen and oxygen atoms in total. The molecule has 0 aliphatic heterocycles. The summed E-state index contributed by atoms with van der Waals surface area (Å²) in [5, 5.41) is 3.11. The van der Waals surface area contributed by atoms with Crippen LogP contribution in [-0.2, 0) is 4.74 Å². The lowest BCUT2D eigenvalue weighted by molar-refractivity contribution is 0.286. The van der Waals surface area contributed by atoms with Gasteiger partial charge in [-0.25, -0.2) is 0 Å². The van der Waals surface area contributed by atoms with E-state index >= 15 is 0 Å². The molecule has 0 amide bonds. The van der Waals surface area contributed by atoms with Crippen molar-refractivity contribution in [3.63, 3.8) is 0 Å². The molecule has 0 bridgehead atoms. The molecule has 0 saturated carbocycles. The zero-order chi connectivity index (χ0) is 10.3. The Morgan fingerprint density at radius 1 is 1.31 bits per heavy atom. The second-order valence-corrected chi connectivity index (χ2v) is 3.28. The van der Waals surface area contributed by atoms with Gasteiger partial charge in [0, 0.05) is 13.0 Å². The second kappa shape index (κ2) is 6.72. The molecule has 0 radical (unpaired) electrons. The van der Waals surface area contributed by atoms with Crippen LogP contribution in [0.25, 0.3) is 0 Å². The highest BCUT2D eigenvalue weighted by Gasteiger charge is 2.01. The van der Waals surface area contributed by atoms with E-state index in [9.17, 15) is 0 Å². The standard InChI is InChI=1S/C11H21NO/c1-6-10(4)13-11(9(2)3)7-8-12-5/h6,12H,7-8H2,1-5H3/b10-6-. The van der Waals surface area contributed by atoms with Crippen LogP contribution in [0.2, 0.25) is 0 Å². The molecule has 0 unspecified atom stereocenters. The van der Waals surface area contributed by atoms with Crippen LogP contribution in [0.4, 0.5) is 0 Å². The molecule has 1 N–H and O–H groups in total. The molecule has 0 fully saturated rings. The van der Waals surface area contributed by atoms with Gasteiger partial charge >= 0.3 is 0 Å². The molecule has 0 aliphatic carbocycles. The summed E-state index contributed by atoms with van der Waals surface area (Å²) in [5.41, 5.74) is 1.25. The van der Waals surface area contributed by atoms with Gasteiger partial charge in [0.15, 0.2) is 0 Å². The van der Waals surface area contributed by atoms with Gasteiger partial charge in [-0.05, 0) is 46.4 Å². The predicted molar refractivity (Wildman–Crippen MR) is 57.4 cm³/mol.